The average Bonchev–Trinajstić information content (AvgIpc) is 2.09. The van der Waals surface area contributed by atoms with Crippen LogP contribution < -0.4 is 0 Å². The SMILES string of the molecule is C=C1CCC[C@H]2CC(=O)CC[C@]12C. The van der Waals surface area contributed by atoms with Crippen LogP contribution in [-0.4, -0.2) is 5.78 Å². The highest BCUT2D eigenvalue weighted by atomic mass is 16.1. The van der Waals surface area contributed by atoms with Crippen LogP contribution in [0.3, 0.4) is 0 Å². The number of hydrogen-bond donors (Lipinski definition) is 0. The lowest BCUT2D eigenvalue weighted by Crippen LogP contribution is -2.38. The molecule has 2 aliphatic carbocycles. The number of carbonyl (C=O) groups is 1. The molecule has 2 saturated carbocycles. The van der Waals surface area contributed by atoms with E-state index in [1.807, 2.05) is 0 Å². The van der Waals surface area contributed by atoms with Gasteiger partial charge in [-0.05, 0) is 37.0 Å². The first-order valence-electron chi connectivity index (χ1n) is 5.33. The predicted molar refractivity (Wildman–Crippen MR) is 53.4 cm³/mol. The van der Waals surface area contributed by atoms with Crippen molar-refractivity contribution in [2.75, 3.05) is 0 Å². The molecule has 1 nitrogen and oxygen atoms in total. The van der Waals surface area contributed by atoms with Gasteiger partial charge in [0.05, 0.1) is 0 Å². The third kappa shape index (κ3) is 1.34. The maximum atomic E-state index is 11.3. The molecule has 0 N–H and O–H groups in total. The van der Waals surface area contributed by atoms with E-state index < -0.39 is 0 Å². The van der Waals surface area contributed by atoms with E-state index in [4.69, 9.17) is 0 Å². The summed E-state index contributed by atoms with van der Waals surface area (Å²) in [4.78, 5) is 11.3. The van der Waals surface area contributed by atoms with E-state index in [2.05, 4.69) is 13.5 Å². The Labute approximate surface area is 80.2 Å². The number of carbonyl (C=O) groups excluding carboxylic acids is 1. The highest BCUT2D eigenvalue weighted by Crippen LogP contribution is 2.51. The van der Waals surface area contributed by atoms with Crippen molar-refractivity contribution >= 4 is 5.78 Å². The van der Waals surface area contributed by atoms with Crippen LogP contribution in [-0.2, 0) is 4.79 Å². The molecule has 2 atom stereocenters. The minimum Gasteiger partial charge on any atom is -0.300 e. The number of Topliss-reactive ketones (excluding diaryl/α,β-unsaturated/α-hetero) is 1. The van der Waals surface area contributed by atoms with Gasteiger partial charge in [0.2, 0.25) is 0 Å². The summed E-state index contributed by atoms with van der Waals surface area (Å²) in [5.74, 6) is 1.08. The van der Waals surface area contributed by atoms with Gasteiger partial charge in [-0.3, -0.25) is 4.79 Å². The summed E-state index contributed by atoms with van der Waals surface area (Å²) >= 11 is 0. The normalized spacial score (nSPS) is 40.2. The molecular formula is C12H18O. The summed E-state index contributed by atoms with van der Waals surface area (Å²) in [6, 6.07) is 0. The lowest BCUT2D eigenvalue weighted by molar-refractivity contribution is -0.124. The quantitative estimate of drug-likeness (QED) is 0.521. The van der Waals surface area contributed by atoms with Gasteiger partial charge < -0.3 is 0 Å². The molecule has 0 radical (unpaired) electrons. The molecule has 0 aromatic carbocycles. The second kappa shape index (κ2) is 2.97. The van der Waals surface area contributed by atoms with Crippen molar-refractivity contribution in [3.05, 3.63) is 12.2 Å². The van der Waals surface area contributed by atoms with Crippen molar-refractivity contribution in [2.24, 2.45) is 11.3 Å². The summed E-state index contributed by atoms with van der Waals surface area (Å²) in [7, 11) is 0. The first-order chi connectivity index (χ1) is 6.13. The maximum absolute atomic E-state index is 11.3. The molecule has 0 amide bonds. The zero-order chi connectivity index (χ0) is 9.47. The van der Waals surface area contributed by atoms with Crippen molar-refractivity contribution in [1.29, 1.82) is 0 Å². The van der Waals surface area contributed by atoms with Gasteiger partial charge in [-0.2, -0.15) is 0 Å². The summed E-state index contributed by atoms with van der Waals surface area (Å²) in [5.41, 5.74) is 1.70. The number of ketones is 1. The van der Waals surface area contributed by atoms with Crippen molar-refractivity contribution in [3.63, 3.8) is 0 Å². The third-order valence-electron chi connectivity index (χ3n) is 4.14. The molecule has 0 unspecified atom stereocenters. The molecule has 0 saturated heterocycles. The molecule has 2 aliphatic rings. The summed E-state index contributed by atoms with van der Waals surface area (Å²) < 4.78 is 0. The van der Waals surface area contributed by atoms with Gasteiger partial charge in [0.1, 0.15) is 5.78 Å². The highest BCUT2D eigenvalue weighted by molar-refractivity contribution is 5.79. The van der Waals surface area contributed by atoms with E-state index in [-0.39, 0.29) is 0 Å². The Morgan fingerprint density at radius 3 is 3.00 bits per heavy atom. The van der Waals surface area contributed by atoms with Gasteiger partial charge in [0.15, 0.2) is 0 Å². The Morgan fingerprint density at radius 2 is 2.23 bits per heavy atom. The zero-order valence-corrected chi connectivity index (χ0v) is 8.44. The van der Waals surface area contributed by atoms with E-state index in [9.17, 15) is 4.79 Å². The molecule has 0 heterocycles. The van der Waals surface area contributed by atoms with E-state index in [0.717, 1.165) is 19.3 Å². The van der Waals surface area contributed by atoms with Crippen LogP contribution >= 0.6 is 0 Å². The number of fused-ring (bicyclic) bond motifs is 1. The topological polar surface area (TPSA) is 17.1 Å². The average molecular weight is 178 g/mol. The largest absolute Gasteiger partial charge is 0.300 e. The van der Waals surface area contributed by atoms with Crippen LogP contribution in [0.1, 0.15) is 45.4 Å². The van der Waals surface area contributed by atoms with E-state index >= 15 is 0 Å². The monoisotopic (exact) mass is 178 g/mol. The van der Waals surface area contributed by atoms with Gasteiger partial charge >= 0.3 is 0 Å². The molecule has 0 spiro atoms. The van der Waals surface area contributed by atoms with Crippen molar-refractivity contribution in [3.8, 4) is 0 Å². The molecular weight excluding hydrogens is 160 g/mol. The fourth-order valence-electron chi connectivity index (χ4n) is 2.94. The fourth-order valence-corrected chi connectivity index (χ4v) is 2.94. The molecule has 1 heteroatoms. The Bertz CT molecular complexity index is 254. The zero-order valence-electron chi connectivity index (χ0n) is 8.44. The number of hydrogen-bond acceptors (Lipinski definition) is 1. The Morgan fingerprint density at radius 1 is 1.46 bits per heavy atom. The Kier molecular flexibility index (Phi) is 2.05. The minimum absolute atomic E-state index is 0.298. The smallest absolute Gasteiger partial charge is 0.133 e. The maximum Gasteiger partial charge on any atom is 0.133 e. The minimum atomic E-state index is 0.298. The molecule has 2 rings (SSSR count). The van der Waals surface area contributed by atoms with Crippen LogP contribution in [0, 0.1) is 11.3 Å². The van der Waals surface area contributed by atoms with Crippen molar-refractivity contribution in [2.45, 2.75) is 45.4 Å². The van der Waals surface area contributed by atoms with Gasteiger partial charge in [-0.25, -0.2) is 0 Å². The third-order valence-corrected chi connectivity index (χ3v) is 4.14. The first kappa shape index (κ1) is 8.98. The Hall–Kier alpha value is -0.590. The van der Waals surface area contributed by atoms with Crippen LogP contribution in [0.25, 0.3) is 0 Å². The van der Waals surface area contributed by atoms with Crippen LogP contribution in [0.5, 0.6) is 0 Å². The molecule has 0 aromatic heterocycles. The van der Waals surface area contributed by atoms with Crippen molar-refractivity contribution in [1.82, 2.24) is 0 Å². The van der Waals surface area contributed by atoms with Crippen LogP contribution in [0.2, 0.25) is 0 Å². The molecule has 13 heavy (non-hydrogen) atoms. The van der Waals surface area contributed by atoms with E-state index in [1.165, 1.54) is 24.8 Å². The van der Waals surface area contributed by atoms with Crippen molar-refractivity contribution < 1.29 is 4.79 Å². The number of rotatable bonds is 0. The fraction of sp³-hybridized carbons (Fsp3) is 0.750. The second-order valence-electron chi connectivity index (χ2n) is 4.85. The second-order valence-corrected chi connectivity index (χ2v) is 4.85. The summed E-state index contributed by atoms with van der Waals surface area (Å²) in [6.07, 6.45) is 6.31. The Balaban J connectivity index is 2.22. The van der Waals surface area contributed by atoms with Gasteiger partial charge in [0, 0.05) is 12.8 Å². The van der Waals surface area contributed by atoms with Gasteiger partial charge in [-0.1, -0.05) is 19.1 Å². The molecule has 0 aliphatic heterocycles. The lowest BCUT2D eigenvalue weighted by atomic mass is 9.58. The molecule has 0 aromatic rings. The predicted octanol–water partition coefficient (Wildman–Crippen LogP) is 3.10. The number of allylic oxidation sites excluding steroid dienone is 1. The summed E-state index contributed by atoms with van der Waals surface area (Å²) in [5, 5.41) is 0. The first-order valence-corrected chi connectivity index (χ1v) is 5.33. The van der Waals surface area contributed by atoms with E-state index in [0.29, 0.717) is 17.1 Å². The van der Waals surface area contributed by atoms with Gasteiger partial charge in [-0.15, -0.1) is 0 Å². The highest BCUT2D eigenvalue weighted by Gasteiger charge is 2.42. The molecule has 72 valence electrons. The van der Waals surface area contributed by atoms with Crippen LogP contribution in [0.15, 0.2) is 12.2 Å². The van der Waals surface area contributed by atoms with E-state index in [1.54, 1.807) is 0 Å². The molecule has 2 fully saturated rings. The lowest BCUT2D eigenvalue weighted by Gasteiger charge is -2.46. The molecule has 0 bridgehead atoms. The standard InChI is InChI=1S/C12H18O/c1-9-4-3-5-10-8-11(13)6-7-12(9,10)2/h10H,1,3-8H2,2H3/t10-,12+/m0/s1. The van der Waals surface area contributed by atoms with Gasteiger partial charge in [0.25, 0.3) is 0 Å². The summed E-state index contributed by atoms with van der Waals surface area (Å²) in [6.45, 7) is 6.50. The van der Waals surface area contributed by atoms with Crippen LogP contribution in [0.4, 0.5) is 0 Å².